The van der Waals surface area contributed by atoms with Crippen LogP contribution >= 0.6 is 11.5 Å². The second-order valence-corrected chi connectivity index (χ2v) is 3.83. The molecule has 0 aromatic carbocycles. The SMILES string of the molecule is COc1cc(C(=O)Nc2cc(C)ns2)on1. The summed E-state index contributed by atoms with van der Waals surface area (Å²) in [6.07, 6.45) is 0. The van der Waals surface area contributed by atoms with Crippen molar-refractivity contribution in [1.29, 1.82) is 0 Å². The summed E-state index contributed by atoms with van der Waals surface area (Å²) in [7, 11) is 1.45. The van der Waals surface area contributed by atoms with E-state index in [9.17, 15) is 4.79 Å². The maximum Gasteiger partial charge on any atom is 0.295 e. The first-order chi connectivity index (χ1) is 7.69. The molecule has 0 fully saturated rings. The Hall–Kier alpha value is -1.89. The number of carbonyl (C=O) groups excluding carboxylic acids is 1. The quantitative estimate of drug-likeness (QED) is 0.882. The van der Waals surface area contributed by atoms with Crippen LogP contribution < -0.4 is 10.1 Å². The Morgan fingerprint density at radius 2 is 2.38 bits per heavy atom. The van der Waals surface area contributed by atoms with Crippen LogP contribution in [0.2, 0.25) is 0 Å². The smallest absolute Gasteiger partial charge is 0.295 e. The number of aryl methyl sites for hydroxylation is 1. The molecule has 1 amide bonds. The highest BCUT2D eigenvalue weighted by atomic mass is 32.1. The highest BCUT2D eigenvalue weighted by Gasteiger charge is 2.14. The van der Waals surface area contributed by atoms with E-state index in [0.717, 1.165) is 5.69 Å². The number of carbonyl (C=O) groups is 1. The van der Waals surface area contributed by atoms with E-state index in [1.54, 1.807) is 6.07 Å². The molecular weight excluding hydrogens is 230 g/mol. The van der Waals surface area contributed by atoms with Crippen molar-refractivity contribution in [3.8, 4) is 5.88 Å². The third-order valence-corrected chi connectivity index (χ3v) is 2.58. The van der Waals surface area contributed by atoms with Crippen LogP contribution in [0.5, 0.6) is 5.88 Å². The Labute approximate surface area is 95.4 Å². The molecule has 1 N–H and O–H groups in total. The van der Waals surface area contributed by atoms with Crippen molar-refractivity contribution in [2.45, 2.75) is 6.92 Å². The number of ether oxygens (including phenoxy) is 1. The van der Waals surface area contributed by atoms with Crippen LogP contribution in [0, 0.1) is 6.92 Å². The number of amides is 1. The average molecular weight is 239 g/mol. The van der Waals surface area contributed by atoms with E-state index in [-0.39, 0.29) is 17.5 Å². The minimum absolute atomic E-state index is 0.0999. The molecule has 2 aromatic rings. The fourth-order valence-electron chi connectivity index (χ4n) is 1.06. The molecule has 0 aliphatic rings. The largest absolute Gasteiger partial charge is 0.479 e. The van der Waals surface area contributed by atoms with Gasteiger partial charge >= 0.3 is 0 Å². The fourth-order valence-corrected chi connectivity index (χ4v) is 1.71. The van der Waals surface area contributed by atoms with Crippen LogP contribution in [-0.4, -0.2) is 22.5 Å². The van der Waals surface area contributed by atoms with Crippen molar-refractivity contribution >= 4 is 22.4 Å². The molecule has 0 saturated carbocycles. The van der Waals surface area contributed by atoms with Crippen LogP contribution in [0.4, 0.5) is 5.00 Å². The van der Waals surface area contributed by atoms with Gasteiger partial charge in [-0.15, -0.1) is 0 Å². The van der Waals surface area contributed by atoms with Crippen LogP contribution in [0.25, 0.3) is 0 Å². The molecule has 0 atom stereocenters. The second-order valence-electron chi connectivity index (χ2n) is 3.02. The maximum absolute atomic E-state index is 11.6. The van der Waals surface area contributed by atoms with Crippen LogP contribution in [0.3, 0.4) is 0 Å². The van der Waals surface area contributed by atoms with Gasteiger partial charge in [-0.05, 0) is 29.7 Å². The van der Waals surface area contributed by atoms with Gasteiger partial charge in [0, 0.05) is 0 Å². The number of rotatable bonds is 3. The Bertz CT molecular complexity index is 506. The average Bonchev–Trinajstić information content (AvgIpc) is 2.87. The molecule has 0 bridgehead atoms. The predicted molar refractivity (Wildman–Crippen MR) is 57.9 cm³/mol. The van der Waals surface area contributed by atoms with E-state index >= 15 is 0 Å². The molecule has 2 aromatic heterocycles. The first-order valence-corrected chi connectivity index (χ1v) is 5.22. The van der Waals surface area contributed by atoms with Gasteiger partial charge in [-0.25, -0.2) is 0 Å². The third kappa shape index (κ3) is 2.19. The second kappa shape index (κ2) is 4.31. The van der Waals surface area contributed by atoms with E-state index in [2.05, 4.69) is 14.8 Å². The van der Waals surface area contributed by atoms with Gasteiger partial charge in [0.2, 0.25) is 5.76 Å². The molecule has 0 saturated heterocycles. The zero-order chi connectivity index (χ0) is 11.5. The highest BCUT2D eigenvalue weighted by Crippen LogP contribution is 2.17. The predicted octanol–water partition coefficient (Wildman–Crippen LogP) is 1.70. The lowest BCUT2D eigenvalue weighted by molar-refractivity contribution is 0.0988. The molecule has 0 aliphatic heterocycles. The fraction of sp³-hybridized carbons (Fsp3) is 0.222. The number of nitrogens with zero attached hydrogens (tertiary/aromatic N) is 2. The molecule has 0 spiro atoms. The lowest BCUT2D eigenvalue weighted by atomic mass is 10.4. The summed E-state index contributed by atoms with van der Waals surface area (Å²) in [6, 6.07) is 3.19. The number of methoxy groups -OCH3 is 1. The van der Waals surface area contributed by atoms with Crippen molar-refractivity contribution in [2.75, 3.05) is 12.4 Å². The summed E-state index contributed by atoms with van der Waals surface area (Å²) in [5.41, 5.74) is 0.857. The molecule has 0 unspecified atom stereocenters. The summed E-state index contributed by atoms with van der Waals surface area (Å²) in [4.78, 5) is 11.6. The summed E-state index contributed by atoms with van der Waals surface area (Å²) < 4.78 is 13.6. The Morgan fingerprint density at radius 3 is 2.94 bits per heavy atom. The zero-order valence-electron chi connectivity index (χ0n) is 8.68. The molecule has 6 nitrogen and oxygen atoms in total. The van der Waals surface area contributed by atoms with E-state index < -0.39 is 0 Å². The van der Waals surface area contributed by atoms with Gasteiger partial charge in [-0.3, -0.25) is 4.79 Å². The normalized spacial score (nSPS) is 10.1. The van der Waals surface area contributed by atoms with Crippen molar-refractivity contribution < 1.29 is 14.1 Å². The van der Waals surface area contributed by atoms with E-state index in [1.807, 2.05) is 6.92 Å². The van der Waals surface area contributed by atoms with Crippen molar-refractivity contribution in [2.24, 2.45) is 0 Å². The Balaban J connectivity index is 2.08. The molecule has 2 rings (SSSR count). The highest BCUT2D eigenvalue weighted by molar-refractivity contribution is 7.10. The molecule has 0 aliphatic carbocycles. The van der Waals surface area contributed by atoms with E-state index in [4.69, 9.17) is 9.26 Å². The minimum Gasteiger partial charge on any atom is -0.479 e. The summed E-state index contributed by atoms with van der Waals surface area (Å²) >= 11 is 1.21. The van der Waals surface area contributed by atoms with Crippen molar-refractivity contribution in [3.05, 3.63) is 23.6 Å². The van der Waals surface area contributed by atoms with Gasteiger partial charge in [0.05, 0.1) is 18.9 Å². The minimum atomic E-state index is -0.376. The molecule has 0 radical (unpaired) electrons. The summed E-state index contributed by atoms with van der Waals surface area (Å²) in [6.45, 7) is 1.85. The molecule has 84 valence electrons. The Morgan fingerprint density at radius 1 is 1.56 bits per heavy atom. The van der Waals surface area contributed by atoms with Crippen LogP contribution in [0.15, 0.2) is 16.7 Å². The van der Waals surface area contributed by atoms with Crippen molar-refractivity contribution in [1.82, 2.24) is 9.53 Å². The van der Waals surface area contributed by atoms with Crippen molar-refractivity contribution in [3.63, 3.8) is 0 Å². The van der Waals surface area contributed by atoms with Crippen LogP contribution in [0.1, 0.15) is 16.2 Å². The lowest BCUT2D eigenvalue weighted by Gasteiger charge is -1.95. The van der Waals surface area contributed by atoms with Crippen LogP contribution in [-0.2, 0) is 0 Å². The molecule has 16 heavy (non-hydrogen) atoms. The van der Waals surface area contributed by atoms with E-state index in [0.29, 0.717) is 5.00 Å². The molecule has 2 heterocycles. The molecule has 7 heteroatoms. The zero-order valence-corrected chi connectivity index (χ0v) is 9.50. The number of hydrogen-bond donors (Lipinski definition) is 1. The molecular formula is C9H9N3O3S. The number of hydrogen-bond acceptors (Lipinski definition) is 6. The van der Waals surface area contributed by atoms with Gasteiger partial charge in [-0.2, -0.15) is 4.37 Å². The first-order valence-electron chi connectivity index (χ1n) is 4.44. The number of aromatic nitrogens is 2. The lowest BCUT2D eigenvalue weighted by Crippen LogP contribution is -2.09. The van der Waals surface area contributed by atoms with Gasteiger partial charge in [0.15, 0.2) is 0 Å². The number of anilines is 1. The summed E-state index contributed by atoms with van der Waals surface area (Å²) in [5.74, 6) is -0.00649. The van der Waals surface area contributed by atoms with Gasteiger partial charge in [-0.1, -0.05) is 0 Å². The van der Waals surface area contributed by atoms with Gasteiger partial charge < -0.3 is 14.6 Å². The van der Waals surface area contributed by atoms with Gasteiger partial charge in [0.25, 0.3) is 11.8 Å². The van der Waals surface area contributed by atoms with E-state index in [1.165, 1.54) is 24.7 Å². The van der Waals surface area contributed by atoms with Gasteiger partial charge in [0.1, 0.15) is 5.00 Å². The monoisotopic (exact) mass is 239 g/mol. The standard InChI is InChI=1S/C9H9N3O3S/c1-5-3-8(16-12-5)10-9(13)6-4-7(14-2)11-15-6/h3-4H,1-2H3,(H,10,13). The topological polar surface area (TPSA) is 77.2 Å². The number of nitrogens with one attached hydrogen (secondary N) is 1. The summed E-state index contributed by atoms with van der Waals surface area (Å²) in [5, 5.41) is 6.84. The first kappa shape index (κ1) is 10.6. The Kier molecular flexibility index (Phi) is 2.86. The third-order valence-electron chi connectivity index (χ3n) is 1.79. The maximum atomic E-state index is 11.6.